The Labute approximate surface area is 115 Å². The average molecular weight is 280 g/mol. The molecule has 102 valence electrons. The quantitative estimate of drug-likeness (QED) is 0.419. The summed E-state index contributed by atoms with van der Waals surface area (Å²) >= 11 is 1.67. The zero-order valence-electron chi connectivity index (χ0n) is 10.6. The van der Waals surface area contributed by atoms with Gasteiger partial charge in [-0.2, -0.15) is 0 Å². The standard InChI is InChI=1S/C11H16N6OS/c1-12-11(18)13-4-2-3-5-19-10-8-9(15-6-14-8)16-7-17-10/h6-7H,2-5H2,1H3,(H2,12,13,18)(H,14,15,16,17). The highest BCUT2D eigenvalue weighted by atomic mass is 32.2. The molecule has 0 fully saturated rings. The van der Waals surface area contributed by atoms with Gasteiger partial charge in [0.05, 0.1) is 6.33 Å². The molecule has 2 heterocycles. The van der Waals surface area contributed by atoms with Crippen LogP contribution in [-0.2, 0) is 0 Å². The summed E-state index contributed by atoms with van der Waals surface area (Å²) in [5.41, 5.74) is 1.58. The van der Waals surface area contributed by atoms with Gasteiger partial charge in [-0.25, -0.2) is 19.7 Å². The van der Waals surface area contributed by atoms with Crippen LogP contribution < -0.4 is 10.6 Å². The lowest BCUT2D eigenvalue weighted by Gasteiger charge is -2.04. The van der Waals surface area contributed by atoms with Crippen molar-refractivity contribution in [3.8, 4) is 0 Å². The highest BCUT2D eigenvalue weighted by molar-refractivity contribution is 7.99. The summed E-state index contributed by atoms with van der Waals surface area (Å²) in [5.74, 6) is 0.945. The van der Waals surface area contributed by atoms with Crippen LogP contribution in [0.4, 0.5) is 4.79 Å². The zero-order chi connectivity index (χ0) is 13.5. The van der Waals surface area contributed by atoms with Crippen molar-refractivity contribution in [3.05, 3.63) is 12.7 Å². The summed E-state index contributed by atoms with van der Waals surface area (Å²) in [4.78, 5) is 26.4. The third kappa shape index (κ3) is 3.82. The summed E-state index contributed by atoms with van der Waals surface area (Å²) in [5, 5.41) is 6.19. The van der Waals surface area contributed by atoms with Crippen LogP contribution in [0.25, 0.3) is 11.2 Å². The van der Waals surface area contributed by atoms with Crippen molar-refractivity contribution in [3.63, 3.8) is 0 Å². The maximum Gasteiger partial charge on any atom is 0.314 e. The van der Waals surface area contributed by atoms with E-state index in [0.717, 1.165) is 29.1 Å². The van der Waals surface area contributed by atoms with Gasteiger partial charge in [0.15, 0.2) is 5.65 Å². The number of H-pyrrole nitrogens is 1. The predicted octanol–water partition coefficient (Wildman–Crippen LogP) is 1.15. The number of thioether (sulfide) groups is 1. The molecule has 0 aromatic carbocycles. The number of hydrogen-bond acceptors (Lipinski definition) is 5. The van der Waals surface area contributed by atoms with Crippen LogP contribution >= 0.6 is 11.8 Å². The van der Waals surface area contributed by atoms with Crippen LogP contribution in [0.1, 0.15) is 12.8 Å². The lowest BCUT2D eigenvalue weighted by molar-refractivity contribution is 0.243. The molecule has 2 amide bonds. The molecule has 3 N–H and O–H groups in total. The number of nitrogens with zero attached hydrogens (tertiary/aromatic N) is 3. The molecule has 0 atom stereocenters. The average Bonchev–Trinajstić information content (AvgIpc) is 2.91. The molecule has 7 nitrogen and oxygen atoms in total. The number of hydrogen-bond donors (Lipinski definition) is 3. The fourth-order valence-corrected chi connectivity index (χ4v) is 2.50. The second kappa shape index (κ2) is 6.93. The third-order valence-corrected chi connectivity index (χ3v) is 3.59. The number of rotatable bonds is 6. The van der Waals surface area contributed by atoms with Crippen LogP contribution in [0.15, 0.2) is 17.7 Å². The number of carbonyl (C=O) groups excluding carboxylic acids is 1. The minimum Gasteiger partial charge on any atom is -0.341 e. The molecule has 2 aromatic heterocycles. The Balaban J connectivity index is 1.71. The second-order valence-electron chi connectivity index (χ2n) is 3.84. The molecule has 2 aromatic rings. The topological polar surface area (TPSA) is 95.6 Å². The van der Waals surface area contributed by atoms with Gasteiger partial charge in [0.2, 0.25) is 0 Å². The van der Waals surface area contributed by atoms with Gasteiger partial charge in [-0.1, -0.05) is 0 Å². The van der Waals surface area contributed by atoms with E-state index in [1.807, 2.05) is 0 Å². The molecular weight excluding hydrogens is 264 g/mol. The maximum atomic E-state index is 10.9. The Bertz CT molecular complexity index is 543. The molecule has 2 rings (SSSR count). The molecule has 0 aliphatic heterocycles. The molecule has 8 heteroatoms. The summed E-state index contributed by atoms with van der Waals surface area (Å²) in [7, 11) is 1.61. The van der Waals surface area contributed by atoms with Crippen molar-refractivity contribution in [2.24, 2.45) is 0 Å². The number of unbranched alkanes of at least 4 members (excludes halogenated alkanes) is 1. The van der Waals surface area contributed by atoms with Crippen LogP contribution in [0.2, 0.25) is 0 Å². The van der Waals surface area contributed by atoms with Crippen LogP contribution in [0.5, 0.6) is 0 Å². The first kappa shape index (κ1) is 13.6. The van der Waals surface area contributed by atoms with E-state index in [2.05, 4.69) is 30.6 Å². The van der Waals surface area contributed by atoms with Gasteiger partial charge in [0.1, 0.15) is 16.9 Å². The van der Waals surface area contributed by atoms with E-state index in [4.69, 9.17) is 0 Å². The van der Waals surface area contributed by atoms with Crippen molar-refractivity contribution in [2.75, 3.05) is 19.3 Å². The second-order valence-corrected chi connectivity index (χ2v) is 4.93. The summed E-state index contributed by atoms with van der Waals surface area (Å²) < 4.78 is 0. The van der Waals surface area contributed by atoms with Gasteiger partial charge < -0.3 is 15.6 Å². The highest BCUT2D eigenvalue weighted by Gasteiger charge is 2.05. The molecule has 0 saturated carbocycles. The van der Waals surface area contributed by atoms with Crippen molar-refractivity contribution in [1.29, 1.82) is 0 Å². The highest BCUT2D eigenvalue weighted by Crippen LogP contribution is 2.22. The molecule has 0 aliphatic rings. The van der Waals surface area contributed by atoms with Crippen LogP contribution in [-0.4, -0.2) is 45.3 Å². The number of aromatic nitrogens is 4. The van der Waals surface area contributed by atoms with E-state index >= 15 is 0 Å². The lowest BCUT2D eigenvalue weighted by Crippen LogP contribution is -2.33. The number of urea groups is 1. The SMILES string of the molecule is CNC(=O)NCCCCSc1ncnc2nc[nH]c12. The Morgan fingerprint density at radius 2 is 2.26 bits per heavy atom. The number of aromatic amines is 1. The smallest absolute Gasteiger partial charge is 0.314 e. The normalized spacial score (nSPS) is 10.6. The first-order valence-corrected chi connectivity index (χ1v) is 7.02. The van der Waals surface area contributed by atoms with Gasteiger partial charge in [-0.05, 0) is 18.6 Å². The van der Waals surface area contributed by atoms with Crippen molar-refractivity contribution >= 4 is 29.0 Å². The van der Waals surface area contributed by atoms with E-state index in [1.54, 1.807) is 25.1 Å². The molecule has 0 radical (unpaired) electrons. The van der Waals surface area contributed by atoms with Crippen molar-refractivity contribution in [1.82, 2.24) is 30.6 Å². The van der Waals surface area contributed by atoms with Crippen molar-refractivity contribution in [2.45, 2.75) is 17.9 Å². The molecular formula is C11H16N6OS. The molecule has 0 aliphatic carbocycles. The van der Waals surface area contributed by atoms with Gasteiger partial charge in [0, 0.05) is 13.6 Å². The van der Waals surface area contributed by atoms with E-state index in [9.17, 15) is 4.79 Å². The maximum absolute atomic E-state index is 10.9. The first-order valence-electron chi connectivity index (χ1n) is 6.03. The number of amides is 2. The number of imidazole rings is 1. The van der Waals surface area contributed by atoms with E-state index in [0.29, 0.717) is 12.2 Å². The first-order chi connectivity index (χ1) is 9.31. The minimum absolute atomic E-state index is 0.136. The monoisotopic (exact) mass is 280 g/mol. The summed E-state index contributed by atoms with van der Waals surface area (Å²) in [6.45, 7) is 0.684. The van der Waals surface area contributed by atoms with Gasteiger partial charge in [0.25, 0.3) is 0 Å². The molecule has 0 unspecified atom stereocenters. The zero-order valence-corrected chi connectivity index (χ0v) is 11.5. The van der Waals surface area contributed by atoms with E-state index < -0.39 is 0 Å². The lowest BCUT2D eigenvalue weighted by atomic mass is 10.3. The fourth-order valence-electron chi connectivity index (χ4n) is 1.54. The van der Waals surface area contributed by atoms with Crippen LogP contribution in [0, 0.1) is 0 Å². The largest absolute Gasteiger partial charge is 0.341 e. The minimum atomic E-state index is -0.136. The van der Waals surface area contributed by atoms with Gasteiger partial charge in [-0.3, -0.25) is 0 Å². The number of nitrogens with one attached hydrogen (secondary N) is 3. The predicted molar refractivity (Wildman–Crippen MR) is 74.1 cm³/mol. The van der Waals surface area contributed by atoms with E-state index in [-0.39, 0.29) is 6.03 Å². The van der Waals surface area contributed by atoms with E-state index in [1.165, 1.54) is 6.33 Å². The van der Waals surface area contributed by atoms with Crippen molar-refractivity contribution < 1.29 is 4.79 Å². The van der Waals surface area contributed by atoms with Gasteiger partial charge in [-0.15, -0.1) is 11.8 Å². The molecule has 19 heavy (non-hydrogen) atoms. The Morgan fingerprint density at radius 3 is 3.11 bits per heavy atom. The molecule has 0 saturated heterocycles. The Morgan fingerprint density at radius 1 is 1.37 bits per heavy atom. The fraction of sp³-hybridized carbons (Fsp3) is 0.455. The summed E-state index contributed by atoms with van der Waals surface area (Å²) in [6, 6.07) is -0.136. The third-order valence-electron chi connectivity index (χ3n) is 2.51. The Hall–Kier alpha value is -1.83. The van der Waals surface area contributed by atoms with Gasteiger partial charge >= 0.3 is 6.03 Å². The molecule has 0 bridgehead atoms. The number of carbonyl (C=O) groups is 1. The van der Waals surface area contributed by atoms with Crippen LogP contribution in [0.3, 0.4) is 0 Å². The Kier molecular flexibility index (Phi) is 4.96. The summed E-state index contributed by atoms with van der Waals surface area (Å²) in [6.07, 6.45) is 5.10. The number of fused-ring (bicyclic) bond motifs is 1. The molecule has 0 spiro atoms.